The highest BCUT2D eigenvalue weighted by molar-refractivity contribution is 9.11. The third-order valence-electron chi connectivity index (χ3n) is 6.23. The van der Waals surface area contributed by atoms with E-state index in [1.54, 1.807) is 17.0 Å². The van der Waals surface area contributed by atoms with Crippen LogP contribution < -0.4 is 16.4 Å². The number of carbonyl (C=O) groups is 3. The van der Waals surface area contributed by atoms with E-state index in [1.165, 1.54) is 0 Å². The number of rotatable bonds is 5. The molecule has 11 heteroatoms. The van der Waals surface area contributed by atoms with Crippen molar-refractivity contribution >= 4 is 61.3 Å². The third kappa shape index (κ3) is 5.30. The largest absolute Gasteiger partial charge is 0.480 e. The average molecular weight is 595 g/mol. The van der Waals surface area contributed by atoms with Gasteiger partial charge in [-0.25, -0.2) is 14.4 Å². The smallest absolute Gasteiger partial charge is 0.326 e. The number of hydrogen-bond donors (Lipinski definition) is 4. The number of amides is 4. The predicted molar refractivity (Wildman–Crippen MR) is 136 cm³/mol. The van der Waals surface area contributed by atoms with E-state index in [9.17, 15) is 19.5 Å². The second-order valence-corrected chi connectivity index (χ2v) is 10.2. The van der Waals surface area contributed by atoms with Crippen molar-refractivity contribution in [3.05, 3.63) is 56.5 Å². The van der Waals surface area contributed by atoms with Gasteiger partial charge in [-0.05, 0) is 74.0 Å². The van der Waals surface area contributed by atoms with Crippen LogP contribution in [0.25, 0.3) is 0 Å². The minimum atomic E-state index is -1.11. The summed E-state index contributed by atoms with van der Waals surface area (Å²) in [5.74, 6) is -1.11. The van der Waals surface area contributed by atoms with Gasteiger partial charge in [0, 0.05) is 46.7 Å². The normalized spacial score (nSPS) is 17.1. The molecule has 0 aromatic heterocycles. The maximum atomic E-state index is 12.8. The van der Waals surface area contributed by atoms with Gasteiger partial charge in [-0.2, -0.15) is 0 Å². The van der Waals surface area contributed by atoms with Crippen LogP contribution in [0.5, 0.6) is 0 Å². The number of nitrogens with one attached hydrogen (secondary N) is 2. The van der Waals surface area contributed by atoms with Crippen LogP contribution in [0.1, 0.15) is 24.0 Å². The van der Waals surface area contributed by atoms with Crippen LogP contribution >= 0.6 is 31.9 Å². The van der Waals surface area contributed by atoms with Crippen molar-refractivity contribution in [2.75, 3.05) is 24.1 Å². The number of aliphatic carboxylic acids is 1. The number of anilines is 2. The van der Waals surface area contributed by atoms with Crippen LogP contribution in [0, 0.1) is 0 Å². The van der Waals surface area contributed by atoms with Gasteiger partial charge in [-0.15, -0.1) is 0 Å². The molecule has 2 aliphatic rings. The number of benzene rings is 2. The van der Waals surface area contributed by atoms with Gasteiger partial charge in [0.15, 0.2) is 0 Å². The van der Waals surface area contributed by atoms with E-state index in [0.717, 1.165) is 16.8 Å². The highest BCUT2D eigenvalue weighted by atomic mass is 79.9. The Kier molecular flexibility index (Phi) is 7.32. The van der Waals surface area contributed by atoms with E-state index < -0.39 is 18.0 Å². The summed E-state index contributed by atoms with van der Waals surface area (Å²) in [5.41, 5.74) is 9.04. The van der Waals surface area contributed by atoms with E-state index in [2.05, 4.69) is 42.5 Å². The summed E-state index contributed by atoms with van der Waals surface area (Å²) < 4.78 is 1.30. The molecule has 0 aliphatic carbocycles. The molecular formula is C23H25Br2N5O4. The number of nitrogens with two attached hydrogens (primary N) is 1. The Morgan fingerprint density at radius 3 is 2.47 bits per heavy atom. The Bertz CT molecular complexity index is 1100. The number of nitrogens with zero attached hydrogens (tertiary/aromatic N) is 2. The van der Waals surface area contributed by atoms with Crippen LogP contribution in [-0.4, -0.2) is 58.1 Å². The van der Waals surface area contributed by atoms with Crippen molar-refractivity contribution in [1.29, 1.82) is 0 Å². The van der Waals surface area contributed by atoms with Crippen LogP contribution in [0.4, 0.5) is 21.0 Å². The molecule has 0 bridgehead atoms. The first-order valence-corrected chi connectivity index (χ1v) is 12.5. The lowest BCUT2D eigenvalue weighted by Crippen LogP contribution is -2.54. The zero-order valence-corrected chi connectivity index (χ0v) is 21.4. The van der Waals surface area contributed by atoms with Crippen molar-refractivity contribution in [2.24, 2.45) is 0 Å². The predicted octanol–water partition coefficient (Wildman–Crippen LogP) is 4.01. The minimum Gasteiger partial charge on any atom is -0.480 e. The van der Waals surface area contributed by atoms with Gasteiger partial charge in [0.25, 0.3) is 0 Å². The van der Waals surface area contributed by atoms with Crippen molar-refractivity contribution in [2.45, 2.75) is 37.9 Å². The highest BCUT2D eigenvalue weighted by Gasteiger charge is 2.33. The number of nitrogen functional groups attached to an aromatic ring is 1. The number of hydrogen-bond acceptors (Lipinski definition) is 4. The van der Waals surface area contributed by atoms with Gasteiger partial charge in [-0.1, -0.05) is 18.2 Å². The lowest BCUT2D eigenvalue weighted by Gasteiger charge is -2.40. The Labute approximate surface area is 213 Å². The summed E-state index contributed by atoms with van der Waals surface area (Å²) in [6.45, 7) is 1.41. The van der Waals surface area contributed by atoms with E-state index in [0.29, 0.717) is 47.1 Å². The molecule has 0 radical (unpaired) electrons. The first-order chi connectivity index (χ1) is 16.2. The summed E-state index contributed by atoms with van der Waals surface area (Å²) >= 11 is 6.72. The number of fused-ring (bicyclic) bond motifs is 1. The Hall–Kier alpha value is -2.79. The molecule has 4 amide bonds. The molecular weight excluding hydrogens is 570 g/mol. The molecule has 0 saturated carbocycles. The maximum Gasteiger partial charge on any atom is 0.326 e. The molecule has 1 saturated heterocycles. The lowest BCUT2D eigenvalue weighted by atomic mass is 10.0. The Morgan fingerprint density at radius 1 is 1.18 bits per heavy atom. The van der Waals surface area contributed by atoms with Crippen molar-refractivity contribution in [3.8, 4) is 0 Å². The van der Waals surface area contributed by atoms with Gasteiger partial charge in [0.05, 0.1) is 5.69 Å². The van der Waals surface area contributed by atoms with E-state index in [4.69, 9.17) is 5.73 Å². The summed E-state index contributed by atoms with van der Waals surface area (Å²) in [7, 11) is 0. The average Bonchev–Trinajstić information content (AvgIpc) is 2.81. The van der Waals surface area contributed by atoms with Gasteiger partial charge >= 0.3 is 18.0 Å². The fourth-order valence-electron chi connectivity index (χ4n) is 4.33. The molecule has 1 fully saturated rings. The van der Waals surface area contributed by atoms with E-state index >= 15 is 0 Å². The zero-order valence-electron chi connectivity index (χ0n) is 18.3. The number of urea groups is 2. The molecule has 34 heavy (non-hydrogen) atoms. The number of piperidine rings is 1. The SMILES string of the molecule is Nc1c(Br)cc(C[C@@H](NC(=O)N2CCC(N3Cc4ccccc4NC3=O)CC2)C(=O)O)cc1Br. The van der Waals surface area contributed by atoms with E-state index in [1.807, 2.05) is 29.2 Å². The standard InChI is InChI=1S/C23H25Br2N5O4/c24-16-9-13(10-17(25)20(16)26)11-19(21(31)32)28-22(33)29-7-5-15(6-8-29)30-12-14-3-1-2-4-18(14)27-23(30)34/h1-4,9-10,15,19H,5-8,11-12,26H2,(H,27,34)(H,28,33)(H,31,32)/t19-/m1/s1. The van der Waals surface area contributed by atoms with Crippen LogP contribution in [-0.2, 0) is 17.8 Å². The second-order valence-electron chi connectivity index (χ2n) is 8.45. The minimum absolute atomic E-state index is 0.0113. The zero-order chi connectivity index (χ0) is 24.4. The molecule has 5 N–H and O–H groups in total. The number of likely N-dealkylation sites (tertiary alicyclic amines) is 1. The van der Waals surface area contributed by atoms with E-state index in [-0.39, 0.29) is 18.5 Å². The molecule has 180 valence electrons. The van der Waals surface area contributed by atoms with Crippen LogP contribution in [0.3, 0.4) is 0 Å². The number of carboxylic acids is 1. The van der Waals surface area contributed by atoms with Crippen molar-refractivity contribution in [1.82, 2.24) is 15.1 Å². The summed E-state index contributed by atoms with van der Waals surface area (Å²) in [5, 5.41) is 15.2. The molecule has 1 atom stereocenters. The monoisotopic (exact) mass is 593 g/mol. The molecule has 0 spiro atoms. The molecule has 9 nitrogen and oxygen atoms in total. The number of halogens is 2. The molecule has 2 aromatic carbocycles. The van der Waals surface area contributed by atoms with Crippen molar-refractivity contribution in [3.63, 3.8) is 0 Å². The number of carboxylic acid groups (broad SMARTS) is 1. The van der Waals surface area contributed by atoms with Crippen LogP contribution in [0.15, 0.2) is 45.3 Å². The summed E-state index contributed by atoms with van der Waals surface area (Å²) in [6, 6.07) is 9.58. The quantitative estimate of drug-likeness (QED) is 0.389. The molecule has 2 heterocycles. The van der Waals surface area contributed by atoms with Gasteiger partial charge in [0.1, 0.15) is 6.04 Å². The first-order valence-electron chi connectivity index (χ1n) is 10.9. The molecule has 2 aromatic rings. The Balaban J connectivity index is 1.34. The fourth-order valence-corrected chi connectivity index (χ4v) is 5.61. The summed E-state index contributed by atoms with van der Waals surface area (Å²) in [4.78, 5) is 40.6. The van der Waals surface area contributed by atoms with Gasteiger partial charge < -0.3 is 31.3 Å². The molecule has 0 unspecified atom stereocenters. The molecule has 2 aliphatic heterocycles. The number of para-hydroxylation sites is 1. The summed E-state index contributed by atoms with van der Waals surface area (Å²) in [6.07, 6.45) is 1.36. The molecule has 4 rings (SSSR count). The third-order valence-corrected chi connectivity index (χ3v) is 7.54. The van der Waals surface area contributed by atoms with Crippen molar-refractivity contribution < 1.29 is 19.5 Å². The topological polar surface area (TPSA) is 128 Å². The maximum absolute atomic E-state index is 12.8. The lowest BCUT2D eigenvalue weighted by molar-refractivity contribution is -0.139. The highest BCUT2D eigenvalue weighted by Crippen LogP contribution is 2.30. The van der Waals surface area contributed by atoms with Crippen LogP contribution in [0.2, 0.25) is 0 Å². The second kappa shape index (κ2) is 10.2. The first kappa shape index (κ1) is 24.3. The fraction of sp³-hybridized carbons (Fsp3) is 0.348. The van der Waals surface area contributed by atoms with Gasteiger partial charge in [-0.3, -0.25) is 0 Å². The number of carbonyl (C=O) groups excluding carboxylic acids is 2. The van der Waals surface area contributed by atoms with Gasteiger partial charge in [0.2, 0.25) is 0 Å². The Morgan fingerprint density at radius 2 is 1.82 bits per heavy atom.